The first-order valence-corrected chi connectivity index (χ1v) is 13.3. The number of amides is 3. The van der Waals surface area contributed by atoms with Crippen LogP contribution in [0.3, 0.4) is 0 Å². The van der Waals surface area contributed by atoms with E-state index in [0.717, 1.165) is 28.0 Å². The Balaban J connectivity index is 1.95. The second kappa shape index (κ2) is 10.8. The number of fused-ring (bicyclic) bond motifs is 1. The maximum atomic E-state index is 14.2. The first-order valence-electron chi connectivity index (χ1n) is 12.5. The number of nitrogens with two attached hydrogens (primary N) is 2. The monoisotopic (exact) mass is 544 g/mol. The maximum Gasteiger partial charge on any atom is 0.273 e. The summed E-state index contributed by atoms with van der Waals surface area (Å²) in [5.74, 6) is -1.52. The standard InChI is InChI=1S/C29H32N6O3S/c1-16(2)17-8-11-20(12-9-17)35(28(38)25-22(30)23(26(31)36)34-39-25)24(27(37)33-29(3,4)5)19-10-13-21-18(15-19)7-6-14-32-21/h6-16,24H,30H2,1-5H3,(H2,31,36)(H,33,37)/t24-/m1/s1. The first kappa shape index (κ1) is 27.7. The Morgan fingerprint density at radius 2 is 1.67 bits per heavy atom. The maximum absolute atomic E-state index is 14.2. The zero-order valence-corrected chi connectivity index (χ0v) is 23.4. The summed E-state index contributed by atoms with van der Waals surface area (Å²) in [5, 5.41) is 3.84. The van der Waals surface area contributed by atoms with Gasteiger partial charge in [-0.1, -0.05) is 38.1 Å². The van der Waals surface area contributed by atoms with E-state index >= 15 is 0 Å². The fraction of sp³-hybridized carbons (Fsp3) is 0.276. The highest BCUT2D eigenvalue weighted by molar-refractivity contribution is 7.09. The van der Waals surface area contributed by atoms with Gasteiger partial charge < -0.3 is 16.8 Å². The molecule has 0 radical (unpaired) electrons. The van der Waals surface area contributed by atoms with Crippen LogP contribution in [0.5, 0.6) is 0 Å². The van der Waals surface area contributed by atoms with Gasteiger partial charge in [0.2, 0.25) is 5.91 Å². The van der Waals surface area contributed by atoms with Crippen molar-refractivity contribution in [3.8, 4) is 0 Å². The van der Waals surface area contributed by atoms with Crippen LogP contribution in [-0.2, 0) is 4.79 Å². The van der Waals surface area contributed by atoms with Gasteiger partial charge in [-0.2, -0.15) is 4.37 Å². The lowest BCUT2D eigenvalue weighted by molar-refractivity contribution is -0.123. The summed E-state index contributed by atoms with van der Waals surface area (Å²) < 4.78 is 4.01. The van der Waals surface area contributed by atoms with E-state index in [2.05, 4.69) is 28.5 Å². The van der Waals surface area contributed by atoms with E-state index in [1.807, 2.05) is 57.2 Å². The van der Waals surface area contributed by atoms with Crippen LogP contribution in [0.25, 0.3) is 10.9 Å². The quantitative estimate of drug-likeness (QED) is 0.305. The van der Waals surface area contributed by atoms with E-state index in [1.165, 1.54) is 4.90 Å². The molecule has 0 spiro atoms. The van der Waals surface area contributed by atoms with Crippen LogP contribution < -0.4 is 21.7 Å². The average Bonchev–Trinajstić information content (AvgIpc) is 3.27. The number of hydrogen-bond donors (Lipinski definition) is 3. The molecule has 5 N–H and O–H groups in total. The zero-order chi connectivity index (χ0) is 28.5. The molecule has 0 fully saturated rings. The SMILES string of the molecule is CC(C)c1ccc(N(C(=O)c2snc(C(N)=O)c2N)[C@@H](C(=O)NC(C)(C)C)c2ccc3ncccc3c2)cc1. The molecule has 0 saturated heterocycles. The predicted molar refractivity (Wildman–Crippen MR) is 155 cm³/mol. The summed E-state index contributed by atoms with van der Waals surface area (Å²) in [6.07, 6.45) is 1.70. The van der Waals surface area contributed by atoms with Crippen LogP contribution in [-0.4, -0.2) is 32.6 Å². The molecular formula is C29H32N6O3S. The van der Waals surface area contributed by atoms with Gasteiger partial charge in [-0.15, -0.1) is 0 Å². The van der Waals surface area contributed by atoms with Crippen LogP contribution >= 0.6 is 11.5 Å². The summed E-state index contributed by atoms with van der Waals surface area (Å²) in [6, 6.07) is 15.5. The van der Waals surface area contributed by atoms with Crippen molar-refractivity contribution in [1.82, 2.24) is 14.7 Å². The molecule has 4 aromatic rings. The van der Waals surface area contributed by atoms with E-state index in [1.54, 1.807) is 24.4 Å². The Labute approximate surface area is 231 Å². The molecule has 1 atom stereocenters. The number of pyridine rings is 1. The van der Waals surface area contributed by atoms with Crippen molar-refractivity contribution in [2.75, 3.05) is 10.6 Å². The lowest BCUT2D eigenvalue weighted by Crippen LogP contribution is -2.49. The third-order valence-electron chi connectivity index (χ3n) is 6.16. The molecule has 0 unspecified atom stereocenters. The second-order valence-corrected chi connectivity index (χ2v) is 11.4. The number of benzene rings is 2. The number of carbonyl (C=O) groups is 3. The number of nitrogens with zero attached hydrogens (tertiary/aromatic N) is 3. The second-order valence-electron chi connectivity index (χ2n) is 10.7. The Morgan fingerprint density at radius 3 is 2.26 bits per heavy atom. The molecule has 0 saturated carbocycles. The van der Waals surface area contributed by atoms with E-state index in [9.17, 15) is 14.4 Å². The molecule has 4 rings (SSSR count). The molecule has 2 aromatic heterocycles. The zero-order valence-electron chi connectivity index (χ0n) is 22.6. The van der Waals surface area contributed by atoms with Crippen molar-refractivity contribution in [2.45, 2.75) is 52.1 Å². The van der Waals surface area contributed by atoms with E-state index < -0.39 is 23.4 Å². The molecule has 0 aliphatic rings. The van der Waals surface area contributed by atoms with Crippen molar-refractivity contribution in [3.05, 3.63) is 82.5 Å². The summed E-state index contributed by atoms with van der Waals surface area (Å²) >= 11 is 0.775. The Morgan fingerprint density at radius 1 is 1.00 bits per heavy atom. The van der Waals surface area contributed by atoms with Gasteiger partial charge in [0.05, 0.1) is 11.2 Å². The third kappa shape index (κ3) is 5.91. The van der Waals surface area contributed by atoms with Crippen LogP contribution in [0.2, 0.25) is 0 Å². The largest absolute Gasteiger partial charge is 0.395 e. The molecular weight excluding hydrogens is 512 g/mol. The lowest BCUT2D eigenvalue weighted by Gasteiger charge is -2.34. The summed E-state index contributed by atoms with van der Waals surface area (Å²) in [7, 11) is 0. The molecule has 202 valence electrons. The van der Waals surface area contributed by atoms with Gasteiger partial charge in [0.15, 0.2) is 5.69 Å². The van der Waals surface area contributed by atoms with Gasteiger partial charge in [0.1, 0.15) is 10.9 Å². The van der Waals surface area contributed by atoms with Crippen LogP contribution in [0, 0.1) is 0 Å². The highest BCUT2D eigenvalue weighted by Gasteiger charge is 2.37. The highest BCUT2D eigenvalue weighted by Crippen LogP contribution is 2.35. The molecule has 0 aliphatic carbocycles. The topological polar surface area (TPSA) is 144 Å². The third-order valence-corrected chi connectivity index (χ3v) is 7.01. The number of hydrogen-bond acceptors (Lipinski definition) is 7. The summed E-state index contributed by atoms with van der Waals surface area (Å²) in [6.45, 7) is 9.76. The first-order chi connectivity index (χ1) is 18.4. The molecule has 2 aromatic carbocycles. The molecule has 2 heterocycles. The van der Waals surface area contributed by atoms with Crippen LogP contribution in [0.15, 0.2) is 60.8 Å². The molecule has 0 aliphatic heterocycles. The minimum atomic E-state index is -1.08. The van der Waals surface area contributed by atoms with Crippen LogP contribution in [0.4, 0.5) is 11.4 Å². The van der Waals surface area contributed by atoms with Crippen molar-refractivity contribution in [2.24, 2.45) is 5.73 Å². The van der Waals surface area contributed by atoms with E-state index in [4.69, 9.17) is 11.5 Å². The molecule has 3 amide bonds. The highest BCUT2D eigenvalue weighted by atomic mass is 32.1. The van der Waals surface area contributed by atoms with Crippen molar-refractivity contribution >= 4 is 51.5 Å². The van der Waals surface area contributed by atoms with E-state index in [0.29, 0.717) is 11.3 Å². The average molecular weight is 545 g/mol. The van der Waals surface area contributed by atoms with Gasteiger partial charge in [-0.05, 0) is 79.7 Å². The molecule has 39 heavy (non-hydrogen) atoms. The Hall–Kier alpha value is -4.31. The molecule has 10 heteroatoms. The number of anilines is 2. The summed E-state index contributed by atoms with van der Waals surface area (Å²) in [5.41, 5.74) is 13.6. The van der Waals surface area contributed by atoms with Gasteiger partial charge in [0, 0.05) is 22.8 Å². The minimum absolute atomic E-state index is 0.0211. The Kier molecular flexibility index (Phi) is 7.69. The van der Waals surface area contributed by atoms with Gasteiger partial charge >= 0.3 is 0 Å². The fourth-order valence-corrected chi connectivity index (χ4v) is 5.00. The number of rotatable bonds is 7. The Bertz CT molecular complexity index is 1540. The van der Waals surface area contributed by atoms with Gasteiger partial charge in [-0.25, -0.2) is 0 Å². The number of nitrogens with one attached hydrogen (secondary N) is 1. The number of nitrogen functional groups attached to an aromatic ring is 1. The molecule has 0 bridgehead atoms. The van der Waals surface area contributed by atoms with Crippen molar-refractivity contribution < 1.29 is 14.4 Å². The summed E-state index contributed by atoms with van der Waals surface area (Å²) in [4.78, 5) is 45.9. The smallest absolute Gasteiger partial charge is 0.273 e. The predicted octanol–water partition coefficient (Wildman–Crippen LogP) is 4.80. The van der Waals surface area contributed by atoms with Gasteiger partial charge in [-0.3, -0.25) is 24.3 Å². The molecule has 9 nitrogen and oxygen atoms in total. The fourth-order valence-electron chi connectivity index (χ4n) is 4.26. The van der Waals surface area contributed by atoms with Crippen molar-refractivity contribution in [3.63, 3.8) is 0 Å². The minimum Gasteiger partial charge on any atom is -0.395 e. The van der Waals surface area contributed by atoms with E-state index in [-0.39, 0.29) is 28.1 Å². The number of primary amides is 1. The normalized spacial score (nSPS) is 12.4. The van der Waals surface area contributed by atoms with Gasteiger partial charge in [0.25, 0.3) is 11.8 Å². The van der Waals surface area contributed by atoms with Crippen molar-refractivity contribution in [1.29, 1.82) is 0 Å². The number of carbonyl (C=O) groups excluding carboxylic acids is 3. The van der Waals surface area contributed by atoms with Crippen LogP contribution in [0.1, 0.15) is 77.9 Å². The lowest BCUT2D eigenvalue weighted by atomic mass is 9.98. The number of aromatic nitrogens is 2.